The summed E-state index contributed by atoms with van der Waals surface area (Å²) in [6.07, 6.45) is 7.04. The van der Waals surface area contributed by atoms with E-state index in [4.69, 9.17) is 4.74 Å². The Balaban J connectivity index is 1.59. The van der Waals surface area contributed by atoms with Gasteiger partial charge in [-0.2, -0.15) is 0 Å². The Bertz CT molecular complexity index is 221. The standard InChI is InChI=1S/C12H22N2O2/c15-12(14-10-4-1-2-5-10)8-13-11-6-3-7-16-9-11/h10-11,13H,1-9H2,(H,14,15). The fraction of sp³-hybridized carbons (Fsp3) is 0.917. The molecule has 92 valence electrons. The normalized spacial score (nSPS) is 26.9. The van der Waals surface area contributed by atoms with E-state index in [0.29, 0.717) is 18.6 Å². The highest BCUT2D eigenvalue weighted by atomic mass is 16.5. The van der Waals surface area contributed by atoms with Gasteiger partial charge in [0.2, 0.25) is 5.91 Å². The lowest BCUT2D eigenvalue weighted by atomic mass is 10.1. The zero-order chi connectivity index (χ0) is 11.2. The molecule has 0 radical (unpaired) electrons. The summed E-state index contributed by atoms with van der Waals surface area (Å²) in [5.41, 5.74) is 0. The molecule has 1 atom stereocenters. The van der Waals surface area contributed by atoms with Gasteiger partial charge in [0.1, 0.15) is 0 Å². The van der Waals surface area contributed by atoms with Crippen molar-refractivity contribution < 1.29 is 9.53 Å². The first-order valence-corrected chi connectivity index (χ1v) is 6.45. The molecule has 4 heteroatoms. The van der Waals surface area contributed by atoms with E-state index in [1.165, 1.54) is 12.8 Å². The topological polar surface area (TPSA) is 50.4 Å². The maximum Gasteiger partial charge on any atom is 0.234 e. The van der Waals surface area contributed by atoms with Gasteiger partial charge in [0.15, 0.2) is 0 Å². The molecular formula is C12H22N2O2. The summed E-state index contributed by atoms with van der Waals surface area (Å²) >= 11 is 0. The Hall–Kier alpha value is -0.610. The number of hydrogen-bond donors (Lipinski definition) is 2. The van der Waals surface area contributed by atoms with Crippen LogP contribution in [0.1, 0.15) is 38.5 Å². The van der Waals surface area contributed by atoms with Crippen LogP contribution >= 0.6 is 0 Å². The second kappa shape index (κ2) is 6.21. The molecule has 1 amide bonds. The first-order chi connectivity index (χ1) is 7.84. The van der Waals surface area contributed by atoms with Gasteiger partial charge < -0.3 is 15.4 Å². The average molecular weight is 226 g/mol. The van der Waals surface area contributed by atoms with Crippen LogP contribution in [0, 0.1) is 0 Å². The van der Waals surface area contributed by atoms with Gasteiger partial charge in [-0.25, -0.2) is 0 Å². The van der Waals surface area contributed by atoms with Crippen LogP contribution in [0.2, 0.25) is 0 Å². The molecule has 1 saturated heterocycles. The van der Waals surface area contributed by atoms with Crippen LogP contribution in [0.15, 0.2) is 0 Å². The van der Waals surface area contributed by atoms with Crippen molar-refractivity contribution in [2.45, 2.75) is 50.6 Å². The highest BCUT2D eigenvalue weighted by Crippen LogP contribution is 2.17. The van der Waals surface area contributed by atoms with E-state index in [9.17, 15) is 4.79 Å². The molecule has 4 nitrogen and oxygen atoms in total. The van der Waals surface area contributed by atoms with E-state index < -0.39 is 0 Å². The Morgan fingerprint density at radius 2 is 1.88 bits per heavy atom. The van der Waals surface area contributed by atoms with Crippen molar-refractivity contribution in [1.82, 2.24) is 10.6 Å². The van der Waals surface area contributed by atoms with Gasteiger partial charge >= 0.3 is 0 Å². The Morgan fingerprint density at radius 3 is 2.56 bits per heavy atom. The SMILES string of the molecule is O=C(CNC1CCCOC1)NC1CCCC1. The van der Waals surface area contributed by atoms with E-state index in [-0.39, 0.29) is 5.91 Å². The number of hydrogen-bond acceptors (Lipinski definition) is 3. The van der Waals surface area contributed by atoms with Crippen LogP contribution < -0.4 is 10.6 Å². The second-order valence-corrected chi connectivity index (χ2v) is 4.84. The molecule has 2 rings (SSSR count). The first-order valence-electron chi connectivity index (χ1n) is 6.45. The maximum absolute atomic E-state index is 11.6. The quantitative estimate of drug-likeness (QED) is 0.746. The van der Waals surface area contributed by atoms with Gasteiger partial charge in [0.05, 0.1) is 13.2 Å². The third kappa shape index (κ3) is 3.76. The van der Waals surface area contributed by atoms with Crippen molar-refractivity contribution >= 4 is 5.91 Å². The molecule has 2 fully saturated rings. The molecule has 2 aliphatic rings. The Morgan fingerprint density at radius 1 is 1.12 bits per heavy atom. The van der Waals surface area contributed by atoms with Crippen LogP contribution in [0.3, 0.4) is 0 Å². The van der Waals surface area contributed by atoms with Gasteiger partial charge in [-0.05, 0) is 25.7 Å². The fourth-order valence-electron chi connectivity index (χ4n) is 2.49. The zero-order valence-electron chi connectivity index (χ0n) is 9.84. The Labute approximate surface area is 97.1 Å². The zero-order valence-corrected chi connectivity index (χ0v) is 9.84. The molecule has 2 N–H and O–H groups in total. The number of amides is 1. The van der Waals surface area contributed by atoms with Crippen LogP contribution in [0.4, 0.5) is 0 Å². The molecule has 0 bridgehead atoms. The maximum atomic E-state index is 11.6. The van der Waals surface area contributed by atoms with Crippen molar-refractivity contribution in [2.75, 3.05) is 19.8 Å². The van der Waals surface area contributed by atoms with Gasteiger partial charge in [0, 0.05) is 18.7 Å². The molecule has 0 aromatic rings. The molecule has 1 saturated carbocycles. The van der Waals surface area contributed by atoms with E-state index in [1.807, 2.05) is 0 Å². The molecule has 1 aliphatic heterocycles. The Kier molecular flexibility index (Phi) is 4.60. The van der Waals surface area contributed by atoms with Gasteiger partial charge in [-0.1, -0.05) is 12.8 Å². The van der Waals surface area contributed by atoms with E-state index in [1.54, 1.807) is 0 Å². The summed E-state index contributed by atoms with van der Waals surface area (Å²) in [7, 11) is 0. The monoisotopic (exact) mass is 226 g/mol. The molecule has 0 aromatic heterocycles. The van der Waals surface area contributed by atoms with Crippen LogP contribution in [-0.2, 0) is 9.53 Å². The lowest BCUT2D eigenvalue weighted by Gasteiger charge is -2.23. The minimum Gasteiger partial charge on any atom is -0.380 e. The first kappa shape index (κ1) is 11.9. The van der Waals surface area contributed by atoms with Gasteiger partial charge in [0.25, 0.3) is 0 Å². The smallest absolute Gasteiger partial charge is 0.234 e. The van der Waals surface area contributed by atoms with Crippen molar-refractivity contribution in [1.29, 1.82) is 0 Å². The number of carbonyl (C=O) groups excluding carboxylic acids is 1. The molecular weight excluding hydrogens is 204 g/mol. The number of carbonyl (C=O) groups is 1. The van der Waals surface area contributed by atoms with E-state index in [2.05, 4.69) is 10.6 Å². The third-order valence-corrected chi connectivity index (χ3v) is 3.43. The van der Waals surface area contributed by atoms with Gasteiger partial charge in [-0.3, -0.25) is 4.79 Å². The van der Waals surface area contributed by atoms with Crippen molar-refractivity contribution in [2.24, 2.45) is 0 Å². The summed E-state index contributed by atoms with van der Waals surface area (Å²) in [6.45, 7) is 2.05. The molecule has 0 spiro atoms. The molecule has 0 aromatic carbocycles. The van der Waals surface area contributed by atoms with Crippen LogP contribution in [0.25, 0.3) is 0 Å². The lowest BCUT2D eigenvalue weighted by Crippen LogP contribution is -2.44. The predicted octanol–water partition coefficient (Wildman–Crippen LogP) is 0.814. The molecule has 1 unspecified atom stereocenters. The minimum atomic E-state index is 0.137. The highest BCUT2D eigenvalue weighted by Gasteiger charge is 2.18. The third-order valence-electron chi connectivity index (χ3n) is 3.43. The summed E-state index contributed by atoms with van der Waals surface area (Å²) in [5, 5.41) is 6.33. The summed E-state index contributed by atoms with van der Waals surface area (Å²) in [6, 6.07) is 0.792. The second-order valence-electron chi connectivity index (χ2n) is 4.84. The number of rotatable bonds is 4. The van der Waals surface area contributed by atoms with E-state index in [0.717, 1.165) is 38.9 Å². The minimum absolute atomic E-state index is 0.137. The van der Waals surface area contributed by atoms with Crippen LogP contribution in [0.5, 0.6) is 0 Å². The predicted molar refractivity (Wildman–Crippen MR) is 62.2 cm³/mol. The molecule has 1 heterocycles. The molecule has 16 heavy (non-hydrogen) atoms. The fourth-order valence-corrected chi connectivity index (χ4v) is 2.49. The summed E-state index contributed by atoms with van der Waals surface area (Å²) in [4.78, 5) is 11.6. The van der Waals surface area contributed by atoms with Crippen LogP contribution in [-0.4, -0.2) is 37.7 Å². The largest absolute Gasteiger partial charge is 0.380 e. The van der Waals surface area contributed by atoms with Crippen molar-refractivity contribution in [3.05, 3.63) is 0 Å². The van der Waals surface area contributed by atoms with Crippen molar-refractivity contribution in [3.63, 3.8) is 0 Å². The average Bonchev–Trinajstić information content (AvgIpc) is 2.81. The van der Waals surface area contributed by atoms with Gasteiger partial charge in [-0.15, -0.1) is 0 Å². The lowest BCUT2D eigenvalue weighted by molar-refractivity contribution is -0.121. The molecule has 1 aliphatic carbocycles. The van der Waals surface area contributed by atoms with Crippen molar-refractivity contribution in [3.8, 4) is 0 Å². The summed E-state index contributed by atoms with van der Waals surface area (Å²) in [5.74, 6) is 0.137. The number of ether oxygens (including phenoxy) is 1. The number of nitrogens with one attached hydrogen (secondary N) is 2. The highest BCUT2D eigenvalue weighted by molar-refractivity contribution is 5.78. The van der Waals surface area contributed by atoms with E-state index >= 15 is 0 Å². The summed E-state index contributed by atoms with van der Waals surface area (Å²) < 4.78 is 5.35.